The second-order valence-corrected chi connectivity index (χ2v) is 7.86. The molecule has 3 rings (SSSR count). The average Bonchev–Trinajstić information content (AvgIpc) is 3.09. The molecule has 2 aromatic rings. The van der Waals surface area contributed by atoms with Crippen LogP contribution in [0.3, 0.4) is 0 Å². The molecule has 6 heteroatoms. The zero-order chi connectivity index (χ0) is 17.6. The van der Waals surface area contributed by atoms with Gasteiger partial charge in [-0.25, -0.2) is 4.98 Å². The first-order valence-corrected chi connectivity index (χ1v) is 9.62. The third kappa shape index (κ3) is 5.11. The minimum absolute atomic E-state index is 0.0555. The number of amides is 1. The van der Waals surface area contributed by atoms with Crippen LogP contribution in [0, 0.1) is 5.92 Å². The Balaban J connectivity index is 1.56. The first kappa shape index (κ1) is 18.0. The molecule has 0 bridgehead atoms. The molecule has 1 aromatic carbocycles. The van der Waals surface area contributed by atoms with E-state index in [9.17, 15) is 4.79 Å². The quantitative estimate of drug-likeness (QED) is 0.862. The van der Waals surface area contributed by atoms with Crippen LogP contribution in [0.2, 0.25) is 0 Å². The Hall–Kier alpha value is -1.76. The van der Waals surface area contributed by atoms with Gasteiger partial charge < -0.3 is 15.1 Å². The highest BCUT2D eigenvalue weighted by atomic mass is 32.1. The molecule has 0 radical (unpaired) electrons. The standard InChI is InChI=1S/C19H26N4OS/c1-22(2)11-12-23-10-6-9-16(14-23)18(24)21-19-20-13-17(25-19)15-7-4-3-5-8-15/h3-5,7-8,13,16H,6,9-12,14H2,1-2H3,(H,20,21,24). The van der Waals surface area contributed by atoms with Gasteiger partial charge in [0.1, 0.15) is 0 Å². The number of anilines is 1. The van der Waals surface area contributed by atoms with E-state index in [0.717, 1.165) is 49.5 Å². The SMILES string of the molecule is CN(C)CCN1CCCC(C(=O)Nc2ncc(-c3ccccc3)s2)C1. The summed E-state index contributed by atoms with van der Waals surface area (Å²) >= 11 is 1.53. The Morgan fingerprint density at radius 3 is 2.92 bits per heavy atom. The minimum atomic E-state index is 0.0555. The lowest BCUT2D eigenvalue weighted by Gasteiger charge is -2.32. The van der Waals surface area contributed by atoms with E-state index in [0.29, 0.717) is 5.13 Å². The van der Waals surface area contributed by atoms with Crippen molar-refractivity contribution in [2.75, 3.05) is 45.6 Å². The zero-order valence-corrected chi connectivity index (χ0v) is 15.8. The summed E-state index contributed by atoms with van der Waals surface area (Å²) < 4.78 is 0. The smallest absolute Gasteiger partial charge is 0.230 e. The third-order valence-corrected chi connectivity index (χ3v) is 5.50. The number of nitrogens with zero attached hydrogens (tertiary/aromatic N) is 3. The molecule has 2 heterocycles. The third-order valence-electron chi connectivity index (χ3n) is 4.53. The van der Waals surface area contributed by atoms with Crippen LogP contribution in [-0.4, -0.2) is 61.0 Å². The largest absolute Gasteiger partial charge is 0.308 e. The fourth-order valence-corrected chi connectivity index (χ4v) is 3.91. The van der Waals surface area contributed by atoms with Crippen molar-refractivity contribution in [3.05, 3.63) is 36.5 Å². The van der Waals surface area contributed by atoms with E-state index in [4.69, 9.17) is 0 Å². The maximum absolute atomic E-state index is 12.6. The predicted molar refractivity (Wildman–Crippen MR) is 104 cm³/mol. The fourth-order valence-electron chi connectivity index (χ4n) is 3.09. The normalized spacial score (nSPS) is 18.4. The van der Waals surface area contributed by atoms with E-state index < -0.39 is 0 Å². The number of piperidine rings is 1. The van der Waals surface area contributed by atoms with Crippen molar-refractivity contribution in [3.63, 3.8) is 0 Å². The maximum atomic E-state index is 12.6. The summed E-state index contributed by atoms with van der Waals surface area (Å²) in [6, 6.07) is 10.1. The van der Waals surface area contributed by atoms with Crippen molar-refractivity contribution in [1.29, 1.82) is 0 Å². The van der Waals surface area contributed by atoms with Gasteiger partial charge in [0.15, 0.2) is 5.13 Å². The number of thiazole rings is 1. The first-order valence-electron chi connectivity index (χ1n) is 8.81. The second-order valence-electron chi connectivity index (χ2n) is 6.83. The zero-order valence-electron chi connectivity index (χ0n) is 14.9. The van der Waals surface area contributed by atoms with Gasteiger partial charge in [-0.1, -0.05) is 41.7 Å². The van der Waals surface area contributed by atoms with E-state index in [-0.39, 0.29) is 11.8 Å². The van der Waals surface area contributed by atoms with Crippen LogP contribution in [-0.2, 0) is 4.79 Å². The van der Waals surface area contributed by atoms with Crippen molar-refractivity contribution >= 4 is 22.4 Å². The number of carbonyl (C=O) groups is 1. The van der Waals surface area contributed by atoms with Crippen molar-refractivity contribution in [1.82, 2.24) is 14.8 Å². The number of aromatic nitrogens is 1. The topological polar surface area (TPSA) is 48.5 Å². The van der Waals surface area contributed by atoms with Crippen LogP contribution in [0.15, 0.2) is 36.5 Å². The van der Waals surface area contributed by atoms with Crippen molar-refractivity contribution in [3.8, 4) is 10.4 Å². The summed E-state index contributed by atoms with van der Waals surface area (Å²) in [5.74, 6) is 0.156. The summed E-state index contributed by atoms with van der Waals surface area (Å²) in [6.07, 6.45) is 3.87. The summed E-state index contributed by atoms with van der Waals surface area (Å²) in [5.41, 5.74) is 1.13. The highest BCUT2D eigenvalue weighted by Gasteiger charge is 2.26. The molecule has 1 amide bonds. The fraction of sp³-hybridized carbons (Fsp3) is 0.474. The Bertz CT molecular complexity index is 686. The highest BCUT2D eigenvalue weighted by Crippen LogP contribution is 2.29. The summed E-state index contributed by atoms with van der Waals surface area (Å²) in [5, 5.41) is 3.71. The van der Waals surface area contributed by atoms with Gasteiger partial charge >= 0.3 is 0 Å². The lowest BCUT2D eigenvalue weighted by molar-refractivity contribution is -0.121. The first-order chi connectivity index (χ1) is 12.1. The molecule has 134 valence electrons. The number of hydrogen-bond donors (Lipinski definition) is 1. The van der Waals surface area contributed by atoms with Crippen LogP contribution in [0.4, 0.5) is 5.13 Å². The van der Waals surface area contributed by atoms with Crippen LogP contribution in [0.1, 0.15) is 12.8 Å². The Morgan fingerprint density at radius 2 is 2.16 bits per heavy atom. The summed E-state index contributed by atoms with van der Waals surface area (Å²) in [6.45, 7) is 3.98. The summed E-state index contributed by atoms with van der Waals surface area (Å²) in [4.78, 5) is 22.6. The maximum Gasteiger partial charge on any atom is 0.230 e. The van der Waals surface area contributed by atoms with Gasteiger partial charge in [0.05, 0.1) is 10.8 Å². The molecule has 1 aliphatic rings. The van der Waals surface area contributed by atoms with Gasteiger partial charge in [0.25, 0.3) is 0 Å². The van der Waals surface area contributed by atoms with E-state index in [1.54, 1.807) is 0 Å². The molecule has 1 aromatic heterocycles. The molecule has 1 aliphatic heterocycles. The van der Waals surface area contributed by atoms with Crippen LogP contribution in [0.5, 0.6) is 0 Å². The highest BCUT2D eigenvalue weighted by molar-refractivity contribution is 7.19. The lowest BCUT2D eigenvalue weighted by Crippen LogP contribution is -2.43. The Kier molecular flexibility index (Phi) is 6.18. The molecule has 1 saturated heterocycles. The van der Waals surface area contributed by atoms with Crippen LogP contribution < -0.4 is 5.32 Å². The Labute approximate surface area is 153 Å². The summed E-state index contributed by atoms with van der Waals surface area (Å²) in [7, 11) is 4.17. The number of hydrogen-bond acceptors (Lipinski definition) is 5. The number of nitrogens with one attached hydrogen (secondary N) is 1. The molecular weight excluding hydrogens is 332 g/mol. The average molecular weight is 359 g/mol. The minimum Gasteiger partial charge on any atom is -0.308 e. The van der Waals surface area contributed by atoms with Crippen molar-refractivity contribution in [2.24, 2.45) is 5.92 Å². The van der Waals surface area contributed by atoms with Crippen molar-refractivity contribution in [2.45, 2.75) is 12.8 Å². The van der Waals surface area contributed by atoms with Gasteiger partial charge in [-0.15, -0.1) is 0 Å². The number of likely N-dealkylation sites (tertiary alicyclic amines) is 1. The molecule has 1 fully saturated rings. The Morgan fingerprint density at radius 1 is 1.36 bits per heavy atom. The molecule has 0 spiro atoms. The van der Waals surface area contributed by atoms with Crippen molar-refractivity contribution < 1.29 is 4.79 Å². The van der Waals surface area contributed by atoms with Crippen LogP contribution in [0.25, 0.3) is 10.4 Å². The molecule has 25 heavy (non-hydrogen) atoms. The van der Waals surface area contributed by atoms with Gasteiger partial charge in [0, 0.05) is 25.8 Å². The molecule has 1 unspecified atom stereocenters. The van der Waals surface area contributed by atoms with Gasteiger partial charge in [0.2, 0.25) is 5.91 Å². The lowest BCUT2D eigenvalue weighted by atomic mass is 9.97. The predicted octanol–water partition coefficient (Wildman–Crippen LogP) is 3.02. The molecule has 5 nitrogen and oxygen atoms in total. The van der Waals surface area contributed by atoms with Gasteiger partial charge in [-0.05, 0) is 39.0 Å². The van der Waals surface area contributed by atoms with E-state index in [2.05, 4.69) is 46.3 Å². The molecule has 1 atom stereocenters. The monoisotopic (exact) mass is 358 g/mol. The van der Waals surface area contributed by atoms with Gasteiger partial charge in [-0.3, -0.25) is 4.79 Å². The molecule has 0 saturated carbocycles. The second kappa shape index (κ2) is 8.56. The number of rotatable bonds is 6. The van der Waals surface area contributed by atoms with E-state index >= 15 is 0 Å². The van der Waals surface area contributed by atoms with Crippen LogP contribution >= 0.6 is 11.3 Å². The molecule has 0 aliphatic carbocycles. The number of carbonyl (C=O) groups excluding carboxylic acids is 1. The molecule has 1 N–H and O–H groups in total. The number of likely N-dealkylation sites (N-methyl/N-ethyl adjacent to an activating group) is 1. The van der Waals surface area contributed by atoms with Gasteiger partial charge in [-0.2, -0.15) is 0 Å². The van der Waals surface area contributed by atoms with E-state index in [1.807, 2.05) is 24.4 Å². The molecular formula is C19H26N4OS. The number of benzene rings is 1. The van der Waals surface area contributed by atoms with E-state index in [1.165, 1.54) is 11.3 Å².